The molecule has 0 aromatic heterocycles. The largest absolute Gasteiger partial charge is 0.416 e. The molecular formula is C14H13F3N2. The highest BCUT2D eigenvalue weighted by atomic mass is 19.4. The van der Waals surface area contributed by atoms with E-state index in [9.17, 15) is 13.2 Å². The zero-order chi connectivity index (χ0) is 14.0. The molecule has 2 nitrogen and oxygen atoms in total. The number of nitrogen functional groups attached to an aromatic ring is 1. The van der Waals surface area contributed by atoms with Crippen molar-refractivity contribution < 1.29 is 13.2 Å². The SMILES string of the molecule is Cc1cc(N)ccc1Nc1cccc(C(F)(F)F)c1. The molecule has 0 aliphatic heterocycles. The fourth-order valence-electron chi connectivity index (χ4n) is 1.76. The quantitative estimate of drug-likeness (QED) is 0.793. The molecule has 0 aliphatic rings. The number of halogens is 3. The lowest BCUT2D eigenvalue weighted by Crippen LogP contribution is -2.05. The number of hydrogen-bond acceptors (Lipinski definition) is 2. The van der Waals surface area contributed by atoms with Crippen molar-refractivity contribution in [3.63, 3.8) is 0 Å². The topological polar surface area (TPSA) is 38.0 Å². The summed E-state index contributed by atoms with van der Waals surface area (Å²) in [6, 6.07) is 10.3. The van der Waals surface area contributed by atoms with Gasteiger partial charge in [-0.05, 0) is 48.9 Å². The van der Waals surface area contributed by atoms with Gasteiger partial charge in [-0.1, -0.05) is 6.07 Å². The summed E-state index contributed by atoms with van der Waals surface area (Å²) in [6.45, 7) is 1.84. The molecule has 3 N–H and O–H groups in total. The zero-order valence-corrected chi connectivity index (χ0v) is 10.3. The number of nitrogens with one attached hydrogen (secondary N) is 1. The number of alkyl halides is 3. The third kappa shape index (κ3) is 3.19. The molecule has 0 saturated carbocycles. The van der Waals surface area contributed by atoms with Crippen molar-refractivity contribution in [2.75, 3.05) is 11.1 Å². The van der Waals surface area contributed by atoms with Crippen LogP contribution in [0.25, 0.3) is 0 Å². The molecule has 2 aromatic carbocycles. The van der Waals surface area contributed by atoms with E-state index >= 15 is 0 Å². The average Bonchev–Trinajstić information content (AvgIpc) is 2.32. The van der Waals surface area contributed by atoms with E-state index in [-0.39, 0.29) is 0 Å². The molecule has 0 bridgehead atoms. The van der Waals surface area contributed by atoms with E-state index in [1.54, 1.807) is 24.3 Å². The van der Waals surface area contributed by atoms with Crippen molar-refractivity contribution in [2.24, 2.45) is 0 Å². The van der Waals surface area contributed by atoms with Gasteiger partial charge in [-0.25, -0.2) is 0 Å². The Kier molecular flexibility index (Phi) is 3.38. The number of hydrogen-bond donors (Lipinski definition) is 2. The Morgan fingerprint density at radius 3 is 2.42 bits per heavy atom. The van der Waals surface area contributed by atoms with Gasteiger partial charge in [0.2, 0.25) is 0 Å². The standard InChI is InChI=1S/C14H13F3N2/c1-9-7-11(18)5-6-13(9)19-12-4-2-3-10(8-12)14(15,16)17/h2-8,19H,18H2,1H3. The van der Waals surface area contributed by atoms with E-state index in [1.807, 2.05) is 6.92 Å². The van der Waals surface area contributed by atoms with Gasteiger partial charge < -0.3 is 11.1 Å². The maximum absolute atomic E-state index is 12.6. The van der Waals surface area contributed by atoms with Crippen LogP contribution in [0.3, 0.4) is 0 Å². The maximum Gasteiger partial charge on any atom is 0.416 e. The fraction of sp³-hybridized carbons (Fsp3) is 0.143. The molecule has 0 aliphatic carbocycles. The maximum atomic E-state index is 12.6. The first kappa shape index (κ1) is 13.3. The minimum absolute atomic E-state index is 0.391. The second-order valence-electron chi connectivity index (χ2n) is 4.28. The Hall–Kier alpha value is -2.17. The Bertz CT molecular complexity index is 591. The molecule has 5 heteroatoms. The van der Waals surface area contributed by atoms with Gasteiger partial charge in [-0.15, -0.1) is 0 Å². The summed E-state index contributed by atoms with van der Waals surface area (Å²) < 4.78 is 37.8. The summed E-state index contributed by atoms with van der Waals surface area (Å²) in [5, 5.41) is 2.96. The number of anilines is 3. The molecule has 0 amide bonds. The second kappa shape index (κ2) is 4.84. The monoisotopic (exact) mass is 266 g/mol. The van der Waals surface area contributed by atoms with E-state index in [0.29, 0.717) is 11.4 Å². The first-order valence-electron chi connectivity index (χ1n) is 5.67. The lowest BCUT2D eigenvalue weighted by atomic mass is 10.1. The van der Waals surface area contributed by atoms with Gasteiger partial charge in [-0.3, -0.25) is 0 Å². The number of rotatable bonds is 2. The second-order valence-corrected chi connectivity index (χ2v) is 4.28. The Morgan fingerprint density at radius 2 is 1.79 bits per heavy atom. The molecule has 19 heavy (non-hydrogen) atoms. The van der Waals surface area contributed by atoms with Crippen LogP contribution in [0.2, 0.25) is 0 Å². The normalized spacial score (nSPS) is 11.4. The minimum Gasteiger partial charge on any atom is -0.399 e. The average molecular weight is 266 g/mol. The molecule has 100 valence electrons. The van der Waals surface area contributed by atoms with E-state index in [1.165, 1.54) is 6.07 Å². The van der Waals surface area contributed by atoms with Gasteiger partial charge in [0.05, 0.1) is 5.56 Å². The van der Waals surface area contributed by atoms with Gasteiger partial charge in [0.15, 0.2) is 0 Å². The highest BCUT2D eigenvalue weighted by Crippen LogP contribution is 2.31. The predicted molar refractivity (Wildman–Crippen MR) is 70.3 cm³/mol. The summed E-state index contributed by atoms with van der Waals surface area (Å²) in [6.07, 6.45) is -4.34. The Balaban J connectivity index is 2.29. The molecule has 0 heterocycles. The van der Waals surface area contributed by atoms with Crippen molar-refractivity contribution in [3.05, 3.63) is 53.6 Å². The fourth-order valence-corrected chi connectivity index (χ4v) is 1.76. The van der Waals surface area contributed by atoms with Crippen LogP contribution in [0, 0.1) is 6.92 Å². The predicted octanol–water partition coefficient (Wildman–Crippen LogP) is 4.34. The van der Waals surface area contributed by atoms with Gasteiger partial charge in [0, 0.05) is 17.1 Å². The summed E-state index contributed by atoms with van der Waals surface area (Å²) in [5.74, 6) is 0. The summed E-state index contributed by atoms with van der Waals surface area (Å²) >= 11 is 0. The first-order chi connectivity index (χ1) is 8.86. The molecule has 0 spiro atoms. The molecular weight excluding hydrogens is 253 g/mol. The van der Waals surface area contributed by atoms with Crippen molar-refractivity contribution in [1.82, 2.24) is 0 Å². The molecule has 0 fully saturated rings. The Morgan fingerprint density at radius 1 is 1.05 bits per heavy atom. The zero-order valence-electron chi connectivity index (χ0n) is 10.3. The van der Waals surface area contributed by atoms with Gasteiger partial charge >= 0.3 is 6.18 Å². The van der Waals surface area contributed by atoms with Crippen LogP contribution in [0.1, 0.15) is 11.1 Å². The molecule has 0 radical (unpaired) electrons. The van der Waals surface area contributed by atoms with Crippen molar-refractivity contribution in [3.8, 4) is 0 Å². The summed E-state index contributed by atoms with van der Waals surface area (Å²) in [4.78, 5) is 0. The third-order valence-corrected chi connectivity index (χ3v) is 2.72. The number of aryl methyl sites for hydroxylation is 1. The molecule has 2 aromatic rings. The summed E-state index contributed by atoms with van der Waals surface area (Å²) in [7, 11) is 0. The van der Waals surface area contributed by atoms with Crippen LogP contribution in [0.15, 0.2) is 42.5 Å². The summed E-state index contributed by atoms with van der Waals surface area (Å²) in [5.41, 5.74) is 7.56. The van der Waals surface area contributed by atoms with Crippen LogP contribution in [0.5, 0.6) is 0 Å². The van der Waals surface area contributed by atoms with Gasteiger partial charge in [0.1, 0.15) is 0 Å². The number of nitrogens with two attached hydrogens (primary N) is 1. The van der Waals surface area contributed by atoms with Gasteiger partial charge in [0.25, 0.3) is 0 Å². The van der Waals surface area contributed by atoms with Crippen LogP contribution >= 0.6 is 0 Å². The molecule has 0 saturated heterocycles. The highest BCUT2D eigenvalue weighted by Gasteiger charge is 2.30. The van der Waals surface area contributed by atoms with E-state index in [2.05, 4.69) is 5.32 Å². The van der Waals surface area contributed by atoms with Crippen LogP contribution in [0.4, 0.5) is 30.2 Å². The van der Waals surface area contributed by atoms with Crippen molar-refractivity contribution in [2.45, 2.75) is 13.1 Å². The Labute approximate surface area is 109 Å². The smallest absolute Gasteiger partial charge is 0.399 e. The van der Waals surface area contributed by atoms with E-state index in [4.69, 9.17) is 5.73 Å². The van der Waals surface area contributed by atoms with Crippen molar-refractivity contribution in [1.29, 1.82) is 0 Å². The van der Waals surface area contributed by atoms with Crippen molar-refractivity contribution >= 4 is 17.1 Å². The highest BCUT2D eigenvalue weighted by molar-refractivity contribution is 5.66. The van der Waals surface area contributed by atoms with Crippen LogP contribution in [-0.4, -0.2) is 0 Å². The van der Waals surface area contributed by atoms with Crippen LogP contribution in [-0.2, 0) is 6.18 Å². The minimum atomic E-state index is -4.34. The number of benzene rings is 2. The molecule has 2 rings (SSSR count). The van der Waals surface area contributed by atoms with E-state index in [0.717, 1.165) is 23.4 Å². The van der Waals surface area contributed by atoms with Crippen LogP contribution < -0.4 is 11.1 Å². The molecule has 0 unspecified atom stereocenters. The van der Waals surface area contributed by atoms with Gasteiger partial charge in [-0.2, -0.15) is 13.2 Å². The van der Waals surface area contributed by atoms with E-state index < -0.39 is 11.7 Å². The third-order valence-electron chi connectivity index (χ3n) is 2.72. The lowest BCUT2D eigenvalue weighted by molar-refractivity contribution is -0.137. The molecule has 0 atom stereocenters. The lowest BCUT2D eigenvalue weighted by Gasteiger charge is -2.12. The first-order valence-corrected chi connectivity index (χ1v) is 5.67.